The summed E-state index contributed by atoms with van der Waals surface area (Å²) in [7, 11) is 0. The van der Waals surface area contributed by atoms with Crippen LogP contribution in [-0.4, -0.2) is 11.9 Å². The second-order valence-electron chi connectivity index (χ2n) is 6.56. The lowest BCUT2D eigenvalue weighted by molar-refractivity contribution is -0.187. The van der Waals surface area contributed by atoms with E-state index < -0.39 is 11.9 Å². The minimum Gasteiger partial charge on any atom is -0.241 e. The topological polar surface area (TPSA) is 52.6 Å². The van der Waals surface area contributed by atoms with Crippen LogP contribution in [0.1, 0.15) is 20.7 Å². The van der Waals surface area contributed by atoms with Gasteiger partial charge in [0.25, 0.3) is 0 Å². The van der Waals surface area contributed by atoms with E-state index in [1.165, 1.54) is 0 Å². The summed E-state index contributed by atoms with van der Waals surface area (Å²) in [6, 6.07) is 33.0. The van der Waals surface area contributed by atoms with Crippen molar-refractivity contribution in [1.29, 1.82) is 0 Å². The van der Waals surface area contributed by atoms with Crippen molar-refractivity contribution in [1.82, 2.24) is 0 Å². The Morgan fingerprint density at radius 1 is 0.433 bits per heavy atom. The summed E-state index contributed by atoms with van der Waals surface area (Å²) in [6.07, 6.45) is 0. The van der Waals surface area contributed by atoms with Crippen LogP contribution in [0.3, 0.4) is 0 Å². The molecule has 0 aliphatic heterocycles. The molecular weight excluding hydrogens is 376 g/mol. The summed E-state index contributed by atoms with van der Waals surface area (Å²) < 4.78 is 0. The summed E-state index contributed by atoms with van der Waals surface area (Å²) in [6.45, 7) is 0. The van der Waals surface area contributed by atoms with Crippen molar-refractivity contribution in [2.24, 2.45) is 0 Å². The highest BCUT2D eigenvalue weighted by atomic mass is 17.2. The van der Waals surface area contributed by atoms with Gasteiger partial charge in [0.05, 0.1) is 11.1 Å². The average Bonchev–Trinajstić information content (AvgIpc) is 2.83. The van der Waals surface area contributed by atoms with Gasteiger partial charge in [0, 0.05) is 0 Å². The molecule has 0 heterocycles. The van der Waals surface area contributed by atoms with E-state index >= 15 is 0 Å². The van der Waals surface area contributed by atoms with E-state index in [0.29, 0.717) is 22.3 Å². The van der Waals surface area contributed by atoms with Gasteiger partial charge in [-0.05, 0) is 34.4 Å². The molecule has 146 valence electrons. The van der Waals surface area contributed by atoms with Crippen LogP contribution in [0, 0.1) is 0 Å². The van der Waals surface area contributed by atoms with Crippen LogP contribution < -0.4 is 0 Å². The summed E-state index contributed by atoms with van der Waals surface area (Å²) >= 11 is 0. The van der Waals surface area contributed by atoms with E-state index in [4.69, 9.17) is 9.78 Å². The first-order valence-corrected chi connectivity index (χ1v) is 9.46. The molecular formula is C26H18O4. The Balaban J connectivity index is 1.53. The van der Waals surface area contributed by atoms with E-state index in [-0.39, 0.29) is 0 Å². The Morgan fingerprint density at radius 3 is 1.17 bits per heavy atom. The lowest BCUT2D eigenvalue weighted by Crippen LogP contribution is -2.13. The summed E-state index contributed by atoms with van der Waals surface area (Å²) in [5.74, 6) is -1.47. The van der Waals surface area contributed by atoms with Crippen molar-refractivity contribution in [2.45, 2.75) is 0 Å². The van der Waals surface area contributed by atoms with Crippen LogP contribution >= 0.6 is 0 Å². The zero-order valence-corrected chi connectivity index (χ0v) is 16.0. The number of carbonyl (C=O) groups is 2. The Hall–Kier alpha value is -4.18. The smallest absolute Gasteiger partial charge is 0.241 e. The largest absolute Gasteiger partial charge is 0.386 e. The molecule has 0 aliphatic rings. The highest BCUT2D eigenvalue weighted by Crippen LogP contribution is 2.26. The molecule has 0 fully saturated rings. The molecule has 0 unspecified atom stereocenters. The molecule has 0 spiro atoms. The maximum Gasteiger partial charge on any atom is 0.386 e. The van der Waals surface area contributed by atoms with Gasteiger partial charge >= 0.3 is 11.9 Å². The van der Waals surface area contributed by atoms with Gasteiger partial charge in [-0.25, -0.2) is 19.4 Å². The quantitative estimate of drug-likeness (QED) is 0.317. The highest BCUT2D eigenvalue weighted by molar-refractivity contribution is 5.99. The van der Waals surface area contributed by atoms with Crippen molar-refractivity contribution in [2.75, 3.05) is 0 Å². The second-order valence-corrected chi connectivity index (χ2v) is 6.56. The van der Waals surface area contributed by atoms with Gasteiger partial charge in [-0.3, -0.25) is 0 Å². The number of hydrogen-bond acceptors (Lipinski definition) is 4. The summed E-state index contributed by atoms with van der Waals surface area (Å²) in [4.78, 5) is 35.1. The maximum absolute atomic E-state index is 12.6. The van der Waals surface area contributed by atoms with Gasteiger partial charge in [-0.2, -0.15) is 0 Å². The van der Waals surface area contributed by atoms with Crippen LogP contribution in [0.15, 0.2) is 109 Å². The molecule has 30 heavy (non-hydrogen) atoms. The Morgan fingerprint density at radius 2 is 0.767 bits per heavy atom. The SMILES string of the molecule is O=C(OOC(=O)c1ccccc1-c1ccccc1)c1ccccc1-c1ccccc1. The fraction of sp³-hybridized carbons (Fsp3) is 0. The van der Waals surface area contributed by atoms with Gasteiger partial charge < -0.3 is 0 Å². The van der Waals surface area contributed by atoms with E-state index in [9.17, 15) is 9.59 Å². The molecule has 0 aliphatic carbocycles. The molecule has 0 N–H and O–H groups in total. The van der Waals surface area contributed by atoms with E-state index in [2.05, 4.69) is 0 Å². The predicted molar refractivity (Wildman–Crippen MR) is 115 cm³/mol. The van der Waals surface area contributed by atoms with Crippen LogP contribution in [0.5, 0.6) is 0 Å². The number of carbonyl (C=O) groups excluding carboxylic acids is 2. The maximum atomic E-state index is 12.6. The molecule has 0 amide bonds. The van der Waals surface area contributed by atoms with Crippen LogP contribution in [0.25, 0.3) is 22.3 Å². The molecule has 4 heteroatoms. The number of benzene rings is 4. The van der Waals surface area contributed by atoms with E-state index in [1.807, 2.05) is 84.9 Å². The molecule has 0 atom stereocenters. The van der Waals surface area contributed by atoms with Crippen molar-refractivity contribution in [3.63, 3.8) is 0 Å². The summed E-state index contributed by atoms with van der Waals surface area (Å²) in [5.41, 5.74) is 3.75. The molecule has 0 saturated heterocycles. The van der Waals surface area contributed by atoms with Crippen molar-refractivity contribution >= 4 is 11.9 Å². The van der Waals surface area contributed by atoms with Gasteiger partial charge in [-0.15, -0.1) is 0 Å². The Labute approximate surface area is 174 Å². The van der Waals surface area contributed by atoms with Crippen LogP contribution in [0.4, 0.5) is 0 Å². The van der Waals surface area contributed by atoms with Crippen molar-refractivity contribution in [3.05, 3.63) is 120 Å². The number of hydrogen-bond donors (Lipinski definition) is 0. The van der Waals surface area contributed by atoms with E-state index in [0.717, 1.165) is 11.1 Å². The molecule has 4 rings (SSSR count). The standard InChI is InChI=1S/C26H18O4/c27-25(23-17-9-7-15-21(23)19-11-3-1-4-12-19)29-30-26(28)24-18-10-8-16-22(24)20-13-5-2-6-14-20/h1-18H. The fourth-order valence-corrected chi connectivity index (χ4v) is 3.23. The molecule has 0 saturated carbocycles. The number of rotatable bonds is 4. The predicted octanol–water partition coefficient (Wildman–Crippen LogP) is 5.95. The minimum atomic E-state index is -0.736. The lowest BCUT2D eigenvalue weighted by atomic mass is 10.00. The third kappa shape index (κ3) is 4.13. The summed E-state index contributed by atoms with van der Waals surface area (Å²) in [5, 5.41) is 0. The molecule has 0 aromatic heterocycles. The van der Waals surface area contributed by atoms with Gasteiger partial charge in [-0.1, -0.05) is 97.1 Å². The Kier molecular flexibility index (Phi) is 5.67. The van der Waals surface area contributed by atoms with Crippen LogP contribution in [0.2, 0.25) is 0 Å². The van der Waals surface area contributed by atoms with Crippen molar-refractivity contribution < 1.29 is 19.4 Å². The fourth-order valence-electron chi connectivity index (χ4n) is 3.23. The normalized spacial score (nSPS) is 10.3. The average molecular weight is 394 g/mol. The lowest BCUT2D eigenvalue weighted by Gasteiger charge is -2.10. The molecule has 0 radical (unpaired) electrons. The first kappa shape index (κ1) is 19.2. The first-order chi connectivity index (χ1) is 14.7. The zero-order valence-electron chi connectivity index (χ0n) is 16.0. The van der Waals surface area contributed by atoms with Gasteiger partial charge in [0.1, 0.15) is 0 Å². The second kappa shape index (κ2) is 8.88. The molecule has 4 aromatic carbocycles. The molecule has 4 aromatic rings. The minimum absolute atomic E-state index is 0.313. The highest BCUT2D eigenvalue weighted by Gasteiger charge is 2.19. The molecule has 0 bridgehead atoms. The third-order valence-corrected chi connectivity index (χ3v) is 4.66. The third-order valence-electron chi connectivity index (χ3n) is 4.66. The van der Waals surface area contributed by atoms with E-state index in [1.54, 1.807) is 24.3 Å². The zero-order chi connectivity index (χ0) is 20.8. The first-order valence-electron chi connectivity index (χ1n) is 9.46. The monoisotopic (exact) mass is 394 g/mol. The van der Waals surface area contributed by atoms with Gasteiger partial charge in [0.2, 0.25) is 0 Å². The van der Waals surface area contributed by atoms with Gasteiger partial charge in [0.15, 0.2) is 0 Å². The van der Waals surface area contributed by atoms with Crippen LogP contribution in [-0.2, 0) is 9.78 Å². The Bertz CT molecular complexity index is 1070. The van der Waals surface area contributed by atoms with Crippen molar-refractivity contribution in [3.8, 4) is 22.3 Å². The molecule has 4 nitrogen and oxygen atoms in total.